The molecule has 3 aliphatic rings. The summed E-state index contributed by atoms with van der Waals surface area (Å²) in [6, 6.07) is 0.977. The van der Waals surface area contributed by atoms with Gasteiger partial charge in [0.15, 0.2) is 0 Å². The largest absolute Gasteiger partial charge is 0.381 e. The van der Waals surface area contributed by atoms with Crippen LogP contribution >= 0.6 is 0 Å². The molecule has 2 aromatic heterocycles. The predicted octanol–water partition coefficient (Wildman–Crippen LogP) is 2.46. The molecule has 1 aliphatic carbocycles. The van der Waals surface area contributed by atoms with Crippen molar-refractivity contribution in [2.45, 2.75) is 63.5 Å². The SMILES string of the molecule is Cn1nc([C@H]2CCCN2C2CCOCC2)c2c3c(c(=O)[nH]c21)CCCC3. The first-order valence-corrected chi connectivity index (χ1v) is 10.2. The summed E-state index contributed by atoms with van der Waals surface area (Å²) in [4.78, 5) is 18.4. The van der Waals surface area contributed by atoms with Gasteiger partial charge in [-0.1, -0.05) is 0 Å². The second-order valence-electron chi connectivity index (χ2n) is 8.09. The van der Waals surface area contributed by atoms with Gasteiger partial charge in [0.2, 0.25) is 0 Å². The number of aromatic amines is 1. The van der Waals surface area contributed by atoms with Crippen LogP contribution in [0.25, 0.3) is 11.0 Å². The quantitative estimate of drug-likeness (QED) is 0.898. The van der Waals surface area contributed by atoms with Gasteiger partial charge in [0.05, 0.1) is 11.7 Å². The first-order chi connectivity index (χ1) is 12.7. The summed E-state index contributed by atoms with van der Waals surface area (Å²) in [5.41, 5.74) is 4.48. The maximum atomic E-state index is 12.6. The first kappa shape index (κ1) is 16.5. The summed E-state index contributed by atoms with van der Waals surface area (Å²) in [6.07, 6.45) is 8.85. The van der Waals surface area contributed by atoms with Gasteiger partial charge in [0, 0.05) is 37.3 Å². The zero-order valence-electron chi connectivity index (χ0n) is 15.6. The number of nitrogens with zero attached hydrogens (tertiary/aromatic N) is 3. The molecular weight excluding hydrogens is 328 g/mol. The number of aryl methyl sites for hydroxylation is 2. The molecule has 0 aromatic carbocycles. The maximum Gasteiger partial charge on any atom is 0.253 e. The minimum Gasteiger partial charge on any atom is -0.381 e. The molecule has 5 rings (SSSR count). The van der Waals surface area contributed by atoms with E-state index >= 15 is 0 Å². The monoisotopic (exact) mass is 356 g/mol. The summed E-state index contributed by atoms with van der Waals surface area (Å²) in [6.45, 7) is 2.90. The van der Waals surface area contributed by atoms with Crippen LogP contribution in [0.3, 0.4) is 0 Å². The Hall–Kier alpha value is -1.66. The number of likely N-dealkylation sites (tertiary alicyclic amines) is 1. The Morgan fingerprint density at radius 2 is 1.85 bits per heavy atom. The number of pyridine rings is 1. The molecule has 0 spiro atoms. The zero-order valence-corrected chi connectivity index (χ0v) is 15.6. The van der Waals surface area contributed by atoms with E-state index in [0.29, 0.717) is 12.1 Å². The van der Waals surface area contributed by atoms with Gasteiger partial charge in [-0.05, 0) is 63.5 Å². The van der Waals surface area contributed by atoms with E-state index in [4.69, 9.17) is 9.84 Å². The minimum atomic E-state index is 0.0921. The van der Waals surface area contributed by atoms with Crippen molar-refractivity contribution in [3.63, 3.8) is 0 Å². The van der Waals surface area contributed by atoms with Gasteiger partial charge in [-0.15, -0.1) is 0 Å². The van der Waals surface area contributed by atoms with E-state index in [9.17, 15) is 4.79 Å². The summed E-state index contributed by atoms with van der Waals surface area (Å²) >= 11 is 0. The van der Waals surface area contributed by atoms with E-state index in [2.05, 4.69) is 9.88 Å². The number of aromatic nitrogens is 3. The standard InChI is InChI=1S/C20H28N4O2/c1-23-19-17(14-5-2-3-6-15(14)20(25)21-19)18(22-23)16-7-4-10-24(16)13-8-11-26-12-9-13/h13,16H,2-12H2,1H3,(H,21,25)/t16-/m1/s1. The van der Waals surface area contributed by atoms with Gasteiger partial charge in [0.1, 0.15) is 5.65 Å². The van der Waals surface area contributed by atoms with Crippen LogP contribution in [-0.2, 0) is 24.6 Å². The first-order valence-electron chi connectivity index (χ1n) is 10.2. The molecule has 140 valence electrons. The van der Waals surface area contributed by atoms with E-state index in [0.717, 1.165) is 69.5 Å². The Kier molecular flexibility index (Phi) is 4.13. The van der Waals surface area contributed by atoms with Crippen molar-refractivity contribution in [3.05, 3.63) is 27.2 Å². The van der Waals surface area contributed by atoms with E-state index in [1.165, 1.54) is 29.5 Å². The molecule has 1 N–H and O–H groups in total. The lowest BCUT2D eigenvalue weighted by Gasteiger charge is -2.35. The van der Waals surface area contributed by atoms with E-state index in [1.54, 1.807) is 0 Å². The number of rotatable bonds is 2. The van der Waals surface area contributed by atoms with Gasteiger partial charge < -0.3 is 9.72 Å². The highest BCUT2D eigenvalue weighted by Crippen LogP contribution is 2.40. The average Bonchev–Trinajstić information content (AvgIpc) is 3.28. The molecule has 6 heteroatoms. The highest BCUT2D eigenvalue weighted by Gasteiger charge is 2.36. The second kappa shape index (κ2) is 6.50. The van der Waals surface area contributed by atoms with Gasteiger partial charge in [0.25, 0.3) is 5.56 Å². The van der Waals surface area contributed by atoms with Gasteiger partial charge in [-0.2, -0.15) is 5.10 Å². The second-order valence-corrected chi connectivity index (χ2v) is 8.09. The molecule has 26 heavy (non-hydrogen) atoms. The van der Waals surface area contributed by atoms with Crippen LogP contribution in [0.2, 0.25) is 0 Å². The van der Waals surface area contributed by atoms with Crippen molar-refractivity contribution >= 4 is 11.0 Å². The van der Waals surface area contributed by atoms with Crippen LogP contribution in [-0.4, -0.2) is 45.5 Å². The average molecular weight is 356 g/mol. The summed E-state index contributed by atoms with van der Waals surface area (Å²) in [7, 11) is 1.96. The van der Waals surface area contributed by atoms with Crippen molar-refractivity contribution in [3.8, 4) is 0 Å². The molecule has 2 aliphatic heterocycles. The van der Waals surface area contributed by atoms with Crippen molar-refractivity contribution in [1.82, 2.24) is 19.7 Å². The zero-order chi connectivity index (χ0) is 17.7. The van der Waals surface area contributed by atoms with Gasteiger partial charge in [-0.25, -0.2) is 0 Å². The van der Waals surface area contributed by atoms with Crippen LogP contribution in [0.1, 0.15) is 61.4 Å². The fourth-order valence-corrected chi connectivity index (χ4v) is 5.37. The lowest BCUT2D eigenvalue weighted by atomic mass is 9.89. The third-order valence-electron chi connectivity index (χ3n) is 6.62. The van der Waals surface area contributed by atoms with Gasteiger partial charge in [-0.3, -0.25) is 14.4 Å². The number of fused-ring (bicyclic) bond motifs is 3. The Morgan fingerprint density at radius 3 is 2.65 bits per heavy atom. The number of hydrogen-bond acceptors (Lipinski definition) is 4. The number of hydrogen-bond donors (Lipinski definition) is 1. The summed E-state index contributed by atoms with van der Waals surface area (Å²) < 4.78 is 7.47. The van der Waals surface area contributed by atoms with Crippen LogP contribution in [0.4, 0.5) is 0 Å². The highest BCUT2D eigenvalue weighted by molar-refractivity contribution is 5.84. The van der Waals surface area contributed by atoms with Crippen LogP contribution in [0.15, 0.2) is 4.79 Å². The molecule has 2 saturated heterocycles. The number of ether oxygens (including phenoxy) is 1. The van der Waals surface area contributed by atoms with Crippen LogP contribution < -0.4 is 5.56 Å². The molecule has 2 aromatic rings. The molecule has 0 saturated carbocycles. The fourth-order valence-electron chi connectivity index (χ4n) is 5.37. The maximum absolute atomic E-state index is 12.6. The summed E-state index contributed by atoms with van der Waals surface area (Å²) in [5.74, 6) is 0. The molecular formula is C20H28N4O2. The molecule has 0 bridgehead atoms. The van der Waals surface area contributed by atoms with Crippen molar-refractivity contribution in [2.75, 3.05) is 19.8 Å². The lowest BCUT2D eigenvalue weighted by Crippen LogP contribution is -2.39. The summed E-state index contributed by atoms with van der Waals surface area (Å²) in [5, 5.41) is 6.18. The molecule has 0 unspecified atom stereocenters. The van der Waals surface area contributed by atoms with E-state index in [1.807, 2.05) is 11.7 Å². The predicted molar refractivity (Wildman–Crippen MR) is 100 cm³/mol. The van der Waals surface area contributed by atoms with E-state index < -0.39 is 0 Å². The van der Waals surface area contributed by atoms with Crippen LogP contribution in [0, 0.1) is 0 Å². The Labute approximate surface area is 153 Å². The fraction of sp³-hybridized carbons (Fsp3) is 0.700. The molecule has 6 nitrogen and oxygen atoms in total. The minimum absolute atomic E-state index is 0.0921. The Morgan fingerprint density at radius 1 is 1.08 bits per heavy atom. The Bertz CT molecular complexity index is 878. The van der Waals surface area contributed by atoms with E-state index in [-0.39, 0.29) is 5.56 Å². The van der Waals surface area contributed by atoms with Crippen molar-refractivity contribution < 1.29 is 4.74 Å². The normalized spacial score (nSPS) is 25.0. The molecule has 2 fully saturated rings. The number of nitrogens with one attached hydrogen (secondary N) is 1. The third-order valence-corrected chi connectivity index (χ3v) is 6.62. The lowest BCUT2D eigenvalue weighted by molar-refractivity contribution is 0.0286. The molecule has 0 amide bonds. The van der Waals surface area contributed by atoms with Crippen molar-refractivity contribution in [2.24, 2.45) is 7.05 Å². The topological polar surface area (TPSA) is 63.1 Å². The van der Waals surface area contributed by atoms with Crippen molar-refractivity contribution in [1.29, 1.82) is 0 Å². The van der Waals surface area contributed by atoms with Gasteiger partial charge >= 0.3 is 0 Å². The molecule has 0 radical (unpaired) electrons. The highest BCUT2D eigenvalue weighted by atomic mass is 16.5. The molecule has 4 heterocycles. The van der Waals surface area contributed by atoms with Crippen LogP contribution in [0.5, 0.6) is 0 Å². The third kappa shape index (κ3) is 2.54. The Balaban J connectivity index is 1.63. The number of H-pyrrole nitrogens is 1. The smallest absolute Gasteiger partial charge is 0.253 e. The molecule has 1 atom stereocenters.